The molecular formula is C18H19N3O. The van der Waals surface area contributed by atoms with Crippen molar-refractivity contribution in [3.63, 3.8) is 0 Å². The molecule has 0 amide bonds. The highest BCUT2D eigenvalue weighted by atomic mass is 16.1. The molecule has 0 bridgehead atoms. The number of rotatable bonds is 5. The number of hydrogen-bond acceptors (Lipinski definition) is 3. The molecule has 22 heavy (non-hydrogen) atoms. The highest BCUT2D eigenvalue weighted by Crippen LogP contribution is 2.38. The van der Waals surface area contributed by atoms with Crippen LogP contribution in [0.3, 0.4) is 0 Å². The van der Waals surface area contributed by atoms with E-state index in [-0.39, 0.29) is 12.3 Å². The summed E-state index contributed by atoms with van der Waals surface area (Å²) in [6.45, 7) is 4.32. The molecule has 4 nitrogen and oxygen atoms in total. The molecule has 0 radical (unpaired) electrons. The van der Waals surface area contributed by atoms with Gasteiger partial charge in [0, 0.05) is 28.7 Å². The van der Waals surface area contributed by atoms with Gasteiger partial charge in [0.1, 0.15) is 0 Å². The molecule has 1 aromatic carbocycles. The first-order valence-electron chi connectivity index (χ1n) is 7.56. The van der Waals surface area contributed by atoms with Gasteiger partial charge in [-0.15, -0.1) is 0 Å². The van der Waals surface area contributed by atoms with Gasteiger partial charge in [0.25, 0.3) is 0 Å². The fourth-order valence-corrected chi connectivity index (χ4v) is 2.93. The highest BCUT2D eigenvalue weighted by molar-refractivity contribution is 6.00. The molecule has 2 aromatic rings. The van der Waals surface area contributed by atoms with Gasteiger partial charge in [-0.25, -0.2) is 0 Å². The van der Waals surface area contributed by atoms with Crippen molar-refractivity contribution in [2.45, 2.75) is 32.7 Å². The minimum atomic E-state index is 0.0855. The lowest BCUT2D eigenvalue weighted by molar-refractivity contribution is 0.101. The lowest BCUT2D eigenvalue weighted by Gasteiger charge is -2.08. The Kier molecular flexibility index (Phi) is 3.72. The number of benzene rings is 1. The molecular weight excluding hydrogens is 274 g/mol. The Morgan fingerprint density at radius 3 is 2.82 bits per heavy atom. The summed E-state index contributed by atoms with van der Waals surface area (Å²) in [5.41, 5.74) is 4.41. The van der Waals surface area contributed by atoms with Gasteiger partial charge in [0.2, 0.25) is 0 Å². The Balaban J connectivity index is 1.72. The fraction of sp³-hybridized carbons (Fsp3) is 0.333. The van der Waals surface area contributed by atoms with Crippen molar-refractivity contribution in [1.29, 1.82) is 5.26 Å². The van der Waals surface area contributed by atoms with Crippen molar-refractivity contribution < 1.29 is 4.79 Å². The molecule has 1 aliphatic rings. The SMILES string of the molecule is Cc1cc(C(=O)CNc2cccc(C#N)c2)c(C)n1C1CC1. The lowest BCUT2D eigenvalue weighted by Crippen LogP contribution is -2.15. The van der Waals surface area contributed by atoms with Crippen molar-refractivity contribution in [3.8, 4) is 6.07 Å². The van der Waals surface area contributed by atoms with Gasteiger partial charge < -0.3 is 9.88 Å². The van der Waals surface area contributed by atoms with Gasteiger partial charge in [0.05, 0.1) is 18.2 Å². The van der Waals surface area contributed by atoms with E-state index in [2.05, 4.69) is 22.9 Å². The number of aromatic nitrogens is 1. The van der Waals surface area contributed by atoms with E-state index in [1.807, 2.05) is 25.1 Å². The van der Waals surface area contributed by atoms with Crippen LogP contribution >= 0.6 is 0 Å². The van der Waals surface area contributed by atoms with Crippen LogP contribution in [-0.2, 0) is 0 Å². The number of anilines is 1. The molecule has 0 unspecified atom stereocenters. The number of carbonyl (C=O) groups excluding carboxylic acids is 1. The van der Waals surface area contributed by atoms with E-state index in [9.17, 15) is 4.79 Å². The average molecular weight is 293 g/mol. The van der Waals surface area contributed by atoms with Gasteiger partial charge in [-0.1, -0.05) is 6.07 Å². The van der Waals surface area contributed by atoms with Crippen LogP contribution in [0.25, 0.3) is 0 Å². The Bertz CT molecular complexity index is 763. The molecule has 1 aromatic heterocycles. The quantitative estimate of drug-likeness (QED) is 0.857. The van der Waals surface area contributed by atoms with Gasteiger partial charge in [-0.05, 0) is 51.0 Å². The summed E-state index contributed by atoms with van der Waals surface area (Å²) in [6.07, 6.45) is 2.42. The van der Waals surface area contributed by atoms with E-state index in [1.54, 1.807) is 12.1 Å². The summed E-state index contributed by atoms with van der Waals surface area (Å²) in [6, 6.07) is 11.8. The van der Waals surface area contributed by atoms with Crippen LogP contribution < -0.4 is 5.32 Å². The molecule has 1 N–H and O–H groups in total. The molecule has 0 aliphatic heterocycles. The third kappa shape index (κ3) is 2.75. The smallest absolute Gasteiger partial charge is 0.183 e. The molecule has 4 heteroatoms. The predicted molar refractivity (Wildman–Crippen MR) is 86.2 cm³/mol. The monoisotopic (exact) mass is 293 g/mol. The number of nitrogens with zero attached hydrogens (tertiary/aromatic N) is 2. The number of ketones is 1. The van der Waals surface area contributed by atoms with Crippen molar-refractivity contribution in [2.24, 2.45) is 0 Å². The molecule has 0 atom stereocenters. The summed E-state index contributed by atoms with van der Waals surface area (Å²) in [5, 5.41) is 12.0. The van der Waals surface area contributed by atoms with E-state index in [0.29, 0.717) is 11.6 Å². The second-order valence-corrected chi connectivity index (χ2v) is 5.86. The Morgan fingerprint density at radius 1 is 1.36 bits per heavy atom. The van der Waals surface area contributed by atoms with Crippen LogP contribution in [0.15, 0.2) is 30.3 Å². The van der Waals surface area contributed by atoms with E-state index in [0.717, 1.165) is 22.6 Å². The number of hydrogen-bond donors (Lipinski definition) is 1. The summed E-state index contributed by atoms with van der Waals surface area (Å²) in [4.78, 5) is 12.5. The van der Waals surface area contributed by atoms with Crippen LogP contribution in [0.5, 0.6) is 0 Å². The maximum Gasteiger partial charge on any atom is 0.183 e. The Morgan fingerprint density at radius 2 is 2.14 bits per heavy atom. The van der Waals surface area contributed by atoms with Crippen LogP contribution in [0.1, 0.15) is 46.2 Å². The van der Waals surface area contributed by atoms with E-state index in [4.69, 9.17) is 5.26 Å². The minimum Gasteiger partial charge on any atom is -0.378 e. The van der Waals surface area contributed by atoms with Crippen molar-refractivity contribution >= 4 is 11.5 Å². The standard InChI is InChI=1S/C18H19N3O/c1-12-8-17(13(2)21(12)16-6-7-16)18(22)11-20-15-5-3-4-14(9-15)10-19/h3-5,8-9,16,20H,6-7,11H2,1-2H3. The van der Waals surface area contributed by atoms with Crippen LogP contribution in [0.4, 0.5) is 5.69 Å². The van der Waals surface area contributed by atoms with Gasteiger partial charge in [0.15, 0.2) is 5.78 Å². The fourth-order valence-electron chi connectivity index (χ4n) is 2.93. The number of carbonyl (C=O) groups is 1. The molecule has 1 heterocycles. The van der Waals surface area contributed by atoms with Gasteiger partial charge in [-0.2, -0.15) is 5.26 Å². The third-order valence-electron chi connectivity index (χ3n) is 4.14. The van der Waals surface area contributed by atoms with Crippen LogP contribution in [-0.4, -0.2) is 16.9 Å². The molecule has 112 valence electrons. The normalized spacial score (nSPS) is 13.7. The zero-order valence-electron chi connectivity index (χ0n) is 12.9. The van der Waals surface area contributed by atoms with Gasteiger partial charge >= 0.3 is 0 Å². The Labute approximate surface area is 130 Å². The number of Topliss-reactive ketones (excluding diaryl/α,β-unsaturated/α-hetero) is 1. The van der Waals surface area contributed by atoms with Crippen LogP contribution in [0, 0.1) is 25.2 Å². The van der Waals surface area contributed by atoms with Crippen molar-refractivity contribution in [1.82, 2.24) is 4.57 Å². The molecule has 0 spiro atoms. The molecule has 3 rings (SSSR count). The minimum absolute atomic E-state index is 0.0855. The largest absolute Gasteiger partial charge is 0.378 e. The van der Waals surface area contributed by atoms with Crippen molar-refractivity contribution in [2.75, 3.05) is 11.9 Å². The first-order valence-corrected chi connectivity index (χ1v) is 7.56. The topological polar surface area (TPSA) is 57.8 Å². The number of nitrogens with one attached hydrogen (secondary N) is 1. The van der Waals surface area contributed by atoms with E-state index >= 15 is 0 Å². The molecule has 1 aliphatic carbocycles. The summed E-state index contributed by atoms with van der Waals surface area (Å²) < 4.78 is 2.28. The highest BCUT2D eigenvalue weighted by Gasteiger charge is 2.28. The van der Waals surface area contributed by atoms with Crippen molar-refractivity contribution in [3.05, 3.63) is 52.8 Å². The van der Waals surface area contributed by atoms with E-state index in [1.165, 1.54) is 12.8 Å². The first kappa shape index (κ1) is 14.4. The zero-order valence-corrected chi connectivity index (χ0v) is 12.9. The van der Waals surface area contributed by atoms with E-state index < -0.39 is 0 Å². The predicted octanol–water partition coefficient (Wildman–Crippen LogP) is 3.61. The summed E-state index contributed by atoms with van der Waals surface area (Å²) in [5.74, 6) is 0.0855. The second-order valence-electron chi connectivity index (χ2n) is 5.86. The first-order chi connectivity index (χ1) is 10.6. The average Bonchev–Trinajstić information content (AvgIpc) is 3.30. The third-order valence-corrected chi connectivity index (χ3v) is 4.14. The maximum atomic E-state index is 12.5. The lowest BCUT2D eigenvalue weighted by atomic mass is 10.1. The molecule has 1 saturated carbocycles. The van der Waals surface area contributed by atoms with Crippen LogP contribution in [0.2, 0.25) is 0 Å². The summed E-state index contributed by atoms with van der Waals surface area (Å²) >= 11 is 0. The second kappa shape index (κ2) is 5.69. The number of aryl methyl sites for hydroxylation is 1. The molecule has 1 fully saturated rings. The summed E-state index contributed by atoms with van der Waals surface area (Å²) in [7, 11) is 0. The van der Waals surface area contributed by atoms with Gasteiger partial charge in [-0.3, -0.25) is 4.79 Å². The maximum absolute atomic E-state index is 12.5. The zero-order chi connectivity index (χ0) is 15.7. The molecule has 0 saturated heterocycles. The Hall–Kier alpha value is -2.54. The number of nitriles is 1.